The third kappa shape index (κ3) is 6.53. The van der Waals surface area contributed by atoms with Gasteiger partial charge in [0.15, 0.2) is 0 Å². The molecule has 0 aliphatic carbocycles. The van der Waals surface area contributed by atoms with Gasteiger partial charge in [0.2, 0.25) is 0 Å². The van der Waals surface area contributed by atoms with Crippen LogP contribution in [0.2, 0.25) is 0 Å². The fourth-order valence-electron chi connectivity index (χ4n) is 1.99. The molecule has 1 aromatic rings. The number of halogens is 2. The fourth-order valence-corrected chi connectivity index (χ4v) is 1.99. The maximum absolute atomic E-state index is 13.4. The summed E-state index contributed by atoms with van der Waals surface area (Å²) >= 11 is 0. The first-order valence-corrected chi connectivity index (χ1v) is 6.80. The van der Waals surface area contributed by atoms with Crippen LogP contribution in [0.15, 0.2) is 18.2 Å². The van der Waals surface area contributed by atoms with Crippen LogP contribution < -0.4 is 10.6 Å². The monoisotopic (exact) mass is 300 g/mol. The third-order valence-corrected chi connectivity index (χ3v) is 2.86. The second-order valence-corrected chi connectivity index (χ2v) is 6.21. The van der Waals surface area contributed by atoms with Crippen LogP contribution in [0.25, 0.3) is 0 Å². The molecule has 1 aromatic carbocycles. The molecule has 3 N–H and O–H groups in total. The predicted molar refractivity (Wildman–Crippen MR) is 76.7 cm³/mol. The van der Waals surface area contributed by atoms with Crippen molar-refractivity contribution in [2.45, 2.75) is 39.8 Å². The Bertz CT molecular complexity index is 487. The molecule has 0 heterocycles. The topological polar surface area (TPSA) is 61.4 Å². The number of carbonyl (C=O) groups excluding carboxylic acids is 1. The zero-order valence-corrected chi connectivity index (χ0v) is 12.5. The number of hydrogen-bond donors (Lipinski definition) is 3. The lowest BCUT2D eigenvalue weighted by Gasteiger charge is -2.25. The SMILES string of the molecule is CC(C)(C)CC(CO)NC(=O)NCc1cc(F)ccc1F. The standard InChI is InChI=1S/C15H22F2N2O2/c1-15(2,3)7-12(9-20)19-14(21)18-8-10-6-11(16)4-5-13(10)17/h4-6,12,20H,7-9H2,1-3H3,(H2,18,19,21). The maximum atomic E-state index is 13.4. The Morgan fingerprint density at radius 3 is 2.57 bits per heavy atom. The van der Waals surface area contributed by atoms with Crippen molar-refractivity contribution in [2.24, 2.45) is 5.41 Å². The molecule has 0 spiro atoms. The van der Waals surface area contributed by atoms with E-state index < -0.39 is 17.7 Å². The van der Waals surface area contributed by atoms with Crippen LogP contribution in [-0.2, 0) is 6.54 Å². The fraction of sp³-hybridized carbons (Fsp3) is 0.533. The summed E-state index contributed by atoms with van der Waals surface area (Å²) in [4.78, 5) is 11.7. The summed E-state index contributed by atoms with van der Waals surface area (Å²) in [6.07, 6.45) is 0.602. The van der Waals surface area contributed by atoms with Gasteiger partial charge in [0.05, 0.1) is 12.6 Å². The lowest BCUT2D eigenvalue weighted by atomic mass is 9.88. The number of benzene rings is 1. The van der Waals surface area contributed by atoms with Crippen molar-refractivity contribution in [3.8, 4) is 0 Å². The van der Waals surface area contributed by atoms with E-state index in [0.717, 1.165) is 18.2 Å². The second kappa shape index (κ2) is 7.36. The van der Waals surface area contributed by atoms with Gasteiger partial charge < -0.3 is 15.7 Å². The predicted octanol–water partition coefficient (Wildman–Crippen LogP) is 2.56. The highest BCUT2D eigenvalue weighted by molar-refractivity contribution is 5.74. The number of carbonyl (C=O) groups is 1. The Hall–Kier alpha value is -1.69. The Morgan fingerprint density at radius 1 is 1.33 bits per heavy atom. The van der Waals surface area contributed by atoms with Crippen LogP contribution in [0, 0.1) is 17.0 Å². The summed E-state index contributed by atoms with van der Waals surface area (Å²) in [5.41, 5.74) is 0.0246. The Balaban J connectivity index is 2.51. The molecule has 0 aliphatic rings. The van der Waals surface area contributed by atoms with Crippen LogP contribution in [0.3, 0.4) is 0 Å². The molecular formula is C15H22F2N2O2. The van der Waals surface area contributed by atoms with E-state index in [1.807, 2.05) is 20.8 Å². The molecule has 1 atom stereocenters. The third-order valence-electron chi connectivity index (χ3n) is 2.86. The van der Waals surface area contributed by atoms with Gasteiger partial charge in [0.1, 0.15) is 11.6 Å². The summed E-state index contributed by atoms with van der Waals surface area (Å²) in [5.74, 6) is -1.14. The largest absolute Gasteiger partial charge is 0.394 e. The highest BCUT2D eigenvalue weighted by atomic mass is 19.1. The number of rotatable bonds is 5. The molecule has 1 rings (SSSR count). The molecule has 0 saturated carbocycles. The van der Waals surface area contributed by atoms with Gasteiger partial charge in [0.25, 0.3) is 0 Å². The van der Waals surface area contributed by atoms with Crippen molar-refractivity contribution in [3.05, 3.63) is 35.4 Å². The van der Waals surface area contributed by atoms with Crippen molar-refractivity contribution in [1.82, 2.24) is 10.6 Å². The molecule has 0 aliphatic heterocycles. The number of nitrogens with one attached hydrogen (secondary N) is 2. The summed E-state index contributed by atoms with van der Waals surface area (Å²) in [7, 11) is 0. The lowest BCUT2D eigenvalue weighted by molar-refractivity contribution is 0.190. The normalized spacial score (nSPS) is 12.9. The van der Waals surface area contributed by atoms with Crippen LogP contribution in [0.1, 0.15) is 32.8 Å². The molecule has 118 valence electrons. The molecule has 2 amide bonds. The minimum absolute atomic E-state index is 0.0463. The van der Waals surface area contributed by atoms with E-state index in [1.165, 1.54) is 0 Å². The van der Waals surface area contributed by atoms with E-state index in [2.05, 4.69) is 10.6 Å². The van der Waals surface area contributed by atoms with Crippen LogP contribution in [0.5, 0.6) is 0 Å². The van der Waals surface area contributed by atoms with Crippen molar-refractivity contribution in [3.63, 3.8) is 0 Å². The van der Waals surface area contributed by atoms with E-state index in [4.69, 9.17) is 0 Å². The van der Waals surface area contributed by atoms with Gasteiger partial charge >= 0.3 is 6.03 Å². The molecule has 0 fully saturated rings. The summed E-state index contributed by atoms with van der Waals surface area (Å²) in [5, 5.41) is 14.3. The smallest absolute Gasteiger partial charge is 0.315 e. The van der Waals surface area contributed by atoms with Crippen molar-refractivity contribution in [1.29, 1.82) is 0 Å². The first kappa shape index (κ1) is 17.4. The average Bonchev–Trinajstić information content (AvgIpc) is 2.37. The molecule has 0 aromatic heterocycles. The first-order valence-electron chi connectivity index (χ1n) is 6.80. The highest BCUT2D eigenvalue weighted by Gasteiger charge is 2.19. The Kier molecular flexibility index (Phi) is 6.08. The molecule has 1 unspecified atom stereocenters. The van der Waals surface area contributed by atoms with Crippen LogP contribution >= 0.6 is 0 Å². The van der Waals surface area contributed by atoms with Gasteiger partial charge in [-0.1, -0.05) is 20.8 Å². The van der Waals surface area contributed by atoms with E-state index in [0.29, 0.717) is 6.42 Å². The summed E-state index contributed by atoms with van der Waals surface area (Å²) < 4.78 is 26.4. The molecule has 0 radical (unpaired) electrons. The minimum atomic E-state index is -0.579. The molecule has 0 bridgehead atoms. The quantitative estimate of drug-likeness (QED) is 0.782. The molecule has 21 heavy (non-hydrogen) atoms. The number of amides is 2. The van der Waals surface area contributed by atoms with Crippen molar-refractivity contribution < 1.29 is 18.7 Å². The van der Waals surface area contributed by atoms with Gasteiger partial charge in [0, 0.05) is 12.1 Å². The second-order valence-electron chi connectivity index (χ2n) is 6.21. The van der Waals surface area contributed by atoms with Gasteiger partial charge in [-0.15, -0.1) is 0 Å². The zero-order chi connectivity index (χ0) is 16.0. The van der Waals surface area contributed by atoms with Crippen molar-refractivity contribution in [2.75, 3.05) is 6.61 Å². The number of aliphatic hydroxyl groups excluding tert-OH is 1. The average molecular weight is 300 g/mol. The zero-order valence-electron chi connectivity index (χ0n) is 12.5. The molecule has 0 saturated heterocycles. The summed E-state index contributed by atoms with van der Waals surface area (Å²) in [6.45, 7) is 5.69. The minimum Gasteiger partial charge on any atom is -0.394 e. The number of hydrogen-bond acceptors (Lipinski definition) is 2. The van der Waals surface area contributed by atoms with Gasteiger partial charge in [-0.05, 0) is 30.0 Å². The van der Waals surface area contributed by atoms with Crippen molar-refractivity contribution >= 4 is 6.03 Å². The van der Waals surface area contributed by atoms with Gasteiger partial charge in [-0.3, -0.25) is 0 Å². The Labute approximate surface area is 123 Å². The summed E-state index contributed by atoms with van der Waals surface area (Å²) in [6, 6.07) is 2.16. The lowest BCUT2D eigenvalue weighted by Crippen LogP contribution is -2.45. The van der Waals surface area contributed by atoms with Gasteiger partial charge in [-0.25, -0.2) is 13.6 Å². The number of urea groups is 1. The van der Waals surface area contributed by atoms with E-state index >= 15 is 0 Å². The number of aliphatic hydroxyl groups is 1. The first-order chi connectivity index (χ1) is 9.71. The van der Waals surface area contributed by atoms with E-state index in [1.54, 1.807) is 0 Å². The molecular weight excluding hydrogens is 278 g/mol. The maximum Gasteiger partial charge on any atom is 0.315 e. The van der Waals surface area contributed by atoms with E-state index in [-0.39, 0.29) is 30.2 Å². The van der Waals surface area contributed by atoms with E-state index in [9.17, 15) is 18.7 Å². The molecule has 6 heteroatoms. The van der Waals surface area contributed by atoms with Gasteiger partial charge in [-0.2, -0.15) is 0 Å². The Morgan fingerprint density at radius 2 is 2.00 bits per heavy atom. The van der Waals surface area contributed by atoms with Crippen LogP contribution in [0.4, 0.5) is 13.6 Å². The highest BCUT2D eigenvalue weighted by Crippen LogP contribution is 2.20. The van der Waals surface area contributed by atoms with Crippen LogP contribution in [-0.4, -0.2) is 23.8 Å². The molecule has 4 nitrogen and oxygen atoms in total.